The van der Waals surface area contributed by atoms with E-state index < -0.39 is 6.16 Å². The van der Waals surface area contributed by atoms with Gasteiger partial charge in [0.05, 0.1) is 0 Å². The molecule has 0 aromatic carbocycles. The fraction of sp³-hybridized carbons (Fsp3) is 0.875. The van der Waals surface area contributed by atoms with Gasteiger partial charge in [-0.1, -0.05) is 0 Å². The first-order valence-corrected chi connectivity index (χ1v) is 4.06. The molecule has 0 fully saturated rings. The Balaban J connectivity index is 3.31. The summed E-state index contributed by atoms with van der Waals surface area (Å²) in [5.41, 5.74) is 0. The molecule has 0 saturated heterocycles. The first-order valence-electron chi connectivity index (χ1n) is 4.06. The Morgan fingerprint density at radius 2 is 2.17 bits per heavy atom. The molecule has 12 heavy (non-hydrogen) atoms. The predicted octanol–water partition coefficient (Wildman–Crippen LogP) is 1.41. The highest BCUT2D eigenvalue weighted by molar-refractivity contribution is 5.56. The lowest BCUT2D eigenvalue weighted by atomic mass is 10.2. The van der Waals surface area contributed by atoms with Gasteiger partial charge in [-0.15, -0.1) is 0 Å². The first kappa shape index (κ1) is 11.2. The second kappa shape index (κ2) is 5.83. The summed E-state index contributed by atoms with van der Waals surface area (Å²) in [6.07, 6.45) is 0.362. The van der Waals surface area contributed by atoms with Gasteiger partial charge in [0, 0.05) is 0 Å². The minimum Gasteiger partial charge on any atom is -0.450 e. The van der Waals surface area contributed by atoms with E-state index in [4.69, 9.17) is 5.11 Å². The van der Waals surface area contributed by atoms with Gasteiger partial charge in [0.25, 0.3) is 0 Å². The summed E-state index contributed by atoms with van der Waals surface area (Å²) in [4.78, 5) is 12.1. The zero-order chi connectivity index (χ0) is 9.56. The quantitative estimate of drug-likeness (QED) is 0.642. The smallest absolute Gasteiger partial charge is 0.450 e. The Hall–Kier alpha value is -0.770. The standard InChI is InChI=1S/C8H17NO3/c1-7(12-8(10)11)5-4-6-9(2)3/h7H,4-6H2,1-3H3,(H,10,11). The Morgan fingerprint density at radius 3 is 2.58 bits per heavy atom. The average molecular weight is 175 g/mol. The summed E-state index contributed by atoms with van der Waals surface area (Å²) in [7, 11) is 3.98. The maximum absolute atomic E-state index is 10.1. The normalized spacial score (nSPS) is 13.0. The maximum atomic E-state index is 10.1. The zero-order valence-corrected chi connectivity index (χ0v) is 7.91. The molecule has 72 valence electrons. The molecule has 4 nitrogen and oxygen atoms in total. The van der Waals surface area contributed by atoms with Crippen LogP contribution in [0.3, 0.4) is 0 Å². The van der Waals surface area contributed by atoms with E-state index in [-0.39, 0.29) is 6.10 Å². The molecule has 0 aromatic rings. The fourth-order valence-corrected chi connectivity index (χ4v) is 0.926. The average Bonchev–Trinajstić information content (AvgIpc) is 1.84. The van der Waals surface area contributed by atoms with Gasteiger partial charge in [0.1, 0.15) is 6.10 Å². The Kier molecular flexibility index (Phi) is 5.45. The van der Waals surface area contributed by atoms with Crippen molar-refractivity contribution in [3.63, 3.8) is 0 Å². The highest BCUT2D eigenvalue weighted by Gasteiger charge is 2.06. The molecule has 1 atom stereocenters. The number of ether oxygens (including phenoxy) is 1. The van der Waals surface area contributed by atoms with Crippen molar-refractivity contribution >= 4 is 6.16 Å². The molecule has 0 aliphatic rings. The molecular weight excluding hydrogens is 158 g/mol. The number of rotatable bonds is 5. The second-order valence-electron chi connectivity index (χ2n) is 3.14. The highest BCUT2D eigenvalue weighted by Crippen LogP contribution is 2.01. The first-order chi connectivity index (χ1) is 5.52. The fourth-order valence-electron chi connectivity index (χ4n) is 0.926. The highest BCUT2D eigenvalue weighted by atomic mass is 16.7. The molecule has 0 amide bonds. The lowest BCUT2D eigenvalue weighted by Gasteiger charge is -2.12. The molecule has 0 aliphatic carbocycles. The molecule has 0 aromatic heterocycles. The minimum atomic E-state index is -1.19. The third-order valence-electron chi connectivity index (χ3n) is 1.52. The third-order valence-corrected chi connectivity index (χ3v) is 1.52. The van der Waals surface area contributed by atoms with Crippen LogP contribution in [-0.4, -0.2) is 42.9 Å². The number of carbonyl (C=O) groups is 1. The Bertz CT molecular complexity index is 136. The zero-order valence-electron chi connectivity index (χ0n) is 7.91. The van der Waals surface area contributed by atoms with Crippen LogP contribution in [0.25, 0.3) is 0 Å². The second-order valence-corrected chi connectivity index (χ2v) is 3.14. The van der Waals surface area contributed by atoms with E-state index in [1.54, 1.807) is 6.92 Å². The van der Waals surface area contributed by atoms with Gasteiger partial charge in [-0.3, -0.25) is 0 Å². The van der Waals surface area contributed by atoms with Crippen LogP contribution in [0.1, 0.15) is 19.8 Å². The van der Waals surface area contributed by atoms with Crippen molar-refractivity contribution in [2.45, 2.75) is 25.9 Å². The van der Waals surface area contributed by atoms with E-state index in [2.05, 4.69) is 9.64 Å². The van der Waals surface area contributed by atoms with Crippen molar-refractivity contribution in [1.29, 1.82) is 0 Å². The maximum Gasteiger partial charge on any atom is 0.506 e. The molecular formula is C8H17NO3. The summed E-state index contributed by atoms with van der Waals surface area (Å²) in [6, 6.07) is 0. The van der Waals surface area contributed by atoms with Crippen LogP contribution in [0.2, 0.25) is 0 Å². The van der Waals surface area contributed by atoms with Crippen LogP contribution in [0, 0.1) is 0 Å². The number of carboxylic acid groups (broad SMARTS) is 1. The summed E-state index contributed by atoms with van der Waals surface area (Å²) < 4.78 is 4.53. The van der Waals surface area contributed by atoms with Gasteiger partial charge in [-0.05, 0) is 40.4 Å². The summed E-state index contributed by atoms with van der Waals surface area (Å²) in [5.74, 6) is 0. The SMILES string of the molecule is CC(CCCN(C)C)OC(=O)O. The van der Waals surface area contributed by atoms with E-state index in [9.17, 15) is 4.79 Å². The molecule has 4 heteroatoms. The van der Waals surface area contributed by atoms with Gasteiger partial charge < -0.3 is 14.7 Å². The van der Waals surface area contributed by atoms with Crippen molar-refractivity contribution in [2.24, 2.45) is 0 Å². The number of hydrogen-bond donors (Lipinski definition) is 1. The molecule has 0 radical (unpaired) electrons. The van der Waals surface area contributed by atoms with E-state index in [0.717, 1.165) is 19.4 Å². The summed E-state index contributed by atoms with van der Waals surface area (Å²) in [6.45, 7) is 2.73. The Labute approximate surface area is 73.1 Å². The largest absolute Gasteiger partial charge is 0.506 e. The van der Waals surface area contributed by atoms with Crippen LogP contribution in [0.15, 0.2) is 0 Å². The third kappa shape index (κ3) is 7.34. The van der Waals surface area contributed by atoms with Crippen molar-refractivity contribution in [3.8, 4) is 0 Å². The van der Waals surface area contributed by atoms with E-state index in [1.165, 1.54) is 0 Å². The van der Waals surface area contributed by atoms with Gasteiger partial charge in [-0.2, -0.15) is 0 Å². The topological polar surface area (TPSA) is 49.8 Å². The van der Waals surface area contributed by atoms with Crippen molar-refractivity contribution in [1.82, 2.24) is 4.90 Å². The van der Waals surface area contributed by atoms with Gasteiger partial charge in [0.15, 0.2) is 0 Å². The molecule has 1 N–H and O–H groups in total. The monoisotopic (exact) mass is 175 g/mol. The lowest BCUT2D eigenvalue weighted by Crippen LogP contribution is -2.17. The van der Waals surface area contributed by atoms with Gasteiger partial charge in [-0.25, -0.2) is 4.79 Å². The lowest BCUT2D eigenvalue weighted by molar-refractivity contribution is 0.0543. The molecule has 0 saturated carbocycles. The van der Waals surface area contributed by atoms with Gasteiger partial charge >= 0.3 is 6.16 Å². The van der Waals surface area contributed by atoms with Crippen LogP contribution < -0.4 is 0 Å². The molecule has 0 bridgehead atoms. The number of nitrogens with zero attached hydrogens (tertiary/aromatic N) is 1. The van der Waals surface area contributed by atoms with Gasteiger partial charge in [0.2, 0.25) is 0 Å². The summed E-state index contributed by atoms with van der Waals surface area (Å²) >= 11 is 0. The van der Waals surface area contributed by atoms with E-state index in [1.807, 2.05) is 14.1 Å². The molecule has 0 spiro atoms. The van der Waals surface area contributed by atoms with E-state index in [0.29, 0.717) is 0 Å². The predicted molar refractivity (Wildman–Crippen MR) is 46.4 cm³/mol. The van der Waals surface area contributed by atoms with Crippen molar-refractivity contribution < 1.29 is 14.6 Å². The van der Waals surface area contributed by atoms with Crippen LogP contribution in [0.4, 0.5) is 4.79 Å². The minimum absolute atomic E-state index is 0.192. The summed E-state index contributed by atoms with van der Waals surface area (Å²) in [5, 5.41) is 8.26. The number of hydrogen-bond acceptors (Lipinski definition) is 3. The molecule has 0 heterocycles. The van der Waals surface area contributed by atoms with Crippen LogP contribution in [0.5, 0.6) is 0 Å². The molecule has 1 unspecified atom stereocenters. The van der Waals surface area contributed by atoms with E-state index >= 15 is 0 Å². The van der Waals surface area contributed by atoms with Crippen molar-refractivity contribution in [2.75, 3.05) is 20.6 Å². The van der Waals surface area contributed by atoms with Crippen LogP contribution >= 0.6 is 0 Å². The molecule has 0 rings (SSSR count). The Morgan fingerprint density at radius 1 is 1.58 bits per heavy atom. The van der Waals surface area contributed by atoms with Crippen molar-refractivity contribution in [3.05, 3.63) is 0 Å². The molecule has 0 aliphatic heterocycles. The van der Waals surface area contributed by atoms with Crippen LogP contribution in [-0.2, 0) is 4.74 Å².